The van der Waals surface area contributed by atoms with E-state index >= 15 is 0 Å². The summed E-state index contributed by atoms with van der Waals surface area (Å²) in [6.45, 7) is 1.73. The molecular formula is C20H21F2N3O3. The predicted molar refractivity (Wildman–Crippen MR) is 98.8 cm³/mol. The highest BCUT2D eigenvalue weighted by atomic mass is 19.1. The van der Waals surface area contributed by atoms with E-state index in [4.69, 9.17) is 5.73 Å². The third-order valence-corrected chi connectivity index (χ3v) is 4.01. The summed E-state index contributed by atoms with van der Waals surface area (Å²) in [6.07, 6.45) is -0.0244. The molecule has 0 aromatic heterocycles. The second-order valence-electron chi connectivity index (χ2n) is 6.23. The maximum absolute atomic E-state index is 13.2. The molecule has 0 bridgehead atoms. The van der Waals surface area contributed by atoms with Gasteiger partial charge in [-0.25, -0.2) is 8.78 Å². The van der Waals surface area contributed by atoms with Gasteiger partial charge in [0.2, 0.25) is 11.8 Å². The molecule has 0 saturated carbocycles. The molecule has 1 unspecified atom stereocenters. The van der Waals surface area contributed by atoms with Gasteiger partial charge in [0.05, 0.1) is 12.5 Å². The number of hydrogen-bond acceptors (Lipinski definition) is 4. The van der Waals surface area contributed by atoms with Crippen molar-refractivity contribution in [3.63, 3.8) is 0 Å². The molecule has 0 radical (unpaired) electrons. The highest BCUT2D eigenvalue weighted by Crippen LogP contribution is 2.14. The van der Waals surface area contributed by atoms with E-state index in [9.17, 15) is 23.2 Å². The van der Waals surface area contributed by atoms with Crippen LogP contribution < -0.4 is 16.4 Å². The Labute approximate surface area is 161 Å². The first-order valence-corrected chi connectivity index (χ1v) is 8.69. The average Bonchev–Trinajstić information content (AvgIpc) is 2.64. The Morgan fingerprint density at radius 2 is 1.61 bits per heavy atom. The van der Waals surface area contributed by atoms with Gasteiger partial charge in [-0.2, -0.15) is 0 Å². The van der Waals surface area contributed by atoms with Crippen LogP contribution >= 0.6 is 0 Å². The number of nitrogens with two attached hydrogens (primary N) is 1. The van der Waals surface area contributed by atoms with Crippen molar-refractivity contribution in [1.29, 1.82) is 0 Å². The maximum Gasteiger partial charge on any atom is 0.253 e. The van der Waals surface area contributed by atoms with Crippen LogP contribution in [0.1, 0.15) is 30.5 Å². The van der Waals surface area contributed by atoms with Crippen molar-refractivity contribution in [2.75, 3.05) is 0 Å². The third-order valence-electron chi connectivity index (χ3n) is 4.01. The molecule has 8 heteroatoms. The van der Waals surface area contributed by atoms with Gasteiger partial charge in [-0.1, -0.05) is 37.3 Å². The minimum absolute atomic E-state index is 0.0797. The monoisotopic (exact) mass is 389 g/mol. The summed E-state index contributed by atoms with van der Waals surface area (Å²) in [5.74, 6) is -3.71. The van der Waals surface area contributed by atoms with Crippen LogP contribution in [0.2, 0.25) is 0 Å². The number of imide groups is 1. The lowest BCUT2D eigenvalue weighted by Crippen LogP contribution is -2.48. The Morgan fingerprint density at radius 3 is 2.18 bits per heavy atom. The van der Waals surface area contributed by atoms with Gasteiger partial charge in [-0.05, 0) is 29.7 Å². The van der Waals surface area contributed by atoms with E-state index in [-0.39, 0.29) is 5.56 Å². The highest BCUT2D eigenvalue weighted by Gasteiger charge is 2.26. The van der Waals surface area contributed by atoms with Crippen molar-refractivity contribution in [2.45, 2.75) is 31.8 Å². The predicted octanol–water partition coefficient (Wildman–Crippen LogP) is 1.74. The Morgan fingerprint density at radius 1 is 1.00 bits per heavy atom. The lowest BCUT2D eigenvalue weighted by Gasteiger charge is -2.20. The fourth-order valence-electron chi connectivity index (χ4n) is 2.53. The summed E-state index contributed by atoms with van der Waals surface area (Å²) in [4.78, 5) is 36.9. The van der Waals surface area contributed by atoms with Gasteiger partial charge in [-0.15, -0.1) is 0 Å². The summed E-state index contributed by atoms with van der Waals surface area (Å²) >= 11 is 0. The zero-order chi connectivity index (χ0) is 20.7. The molecule has 0 aliphatic heterocycles. The molecule has 0 aliphatic carbocycles. The Bertz CT molecular complexity index is 839. The first kappa shape index (κ1) is 21.2. The Hall–Kier alpha value is -3.13. The molecule has 148 valence electrons. The van der Waals surface area contributed by atoms with Gasteiger partial charge >= 0.3 is 0 Å². The van der Waals surface area contributed by atoms with Crippen LogP contribution in [0.5, 0.6) is 0 Å². The van der Waals surface area contributed by atoms with Crippen LogP contribution in [0.25, 0.3) is 0 Å². The number of hydrogen-bond donors (Lipinski definition) is 3. The van der Waals surface area contributed by atoms with Gasteiger partial charge < -0.3 is 11.1 Å². The van der Waals surface area contributed by atoms with Crippen molar-refractivity contribution >= 4 is 17.7 Å². The third kappa shape index (κ3) is 5.95. The molecule has 2 atom stereocenters. The van der Waals surface area contributed by atoms with E-state index in [2.05, 4.69) is 10.6 Å². The van der Waals surface area contributed by atoms with Crippen molar-refractivity contribution in [2.24, 2.45) is 5.73 Å². The van der Waals surface area contributed by atoms with E-state index in [1.807, 2.05) is 0 Å². The van der Waals surface area contributed by atoms with Gasteiger partial charge in [0, 0.05) is 6.07 Å². The van der Waals surface area contributed by atoms with Crippen molar-refractivity contribution < 1.29 is 23.2 Å². The molecular weight excluding hydrogens is 368 g/mol. The maximum atomic E-state index is 13.2. The minimum atomic E-state index is -1.14. The lowest BCUT2D eigenvalue weighted by molar-refractivity contribution is -0.134. The number of carbonyl (C=O) groups is 3. The number of halogens is 2. The summed E-state index contributed by atoms with van der Waals surface area (Å²) in [7, 11) is 0. The quantitative estimate of drug-likeness (QED) is 0.671. The van der Waals surface area contributed by atoms with Gasteiger partial charge in [0.15, 0.2) is 0 Å². The van der Waals surface area contributed by atoms with E-state index < -0.39 is 47.9 Å². The first-order valence-electron chi connectivity index (χ1n) is 8.69. The van der Waals surface area contributed by atoms with Crippen LogP contribution in [-0.4, -0.2) is 23.8 Å². The van der Waals surface area contributed by atoms with Gasteiger partial charge in [0.1, 0.15) is 17.7 Å². The largest absolute Gasteiger partial charge is 0.339 e. The summed E-state index contributed by atoms with van der Waals surface area (Å²) < 4.78 is 26.5. The molecule has 0 heterocycles. The van der Waals surface area contributed by atoms with E-state index in [1.165, 1.54) is 0 Å². The Balaban J connectivity index is 2.12. The number of benzene rings is 2. The summed E-state index contributed by atoms with van der Waals surface area (Å²) in [5, 5.41) is 4.67. The molecule has 2 rings (SSSR count). The minimum Gasteiger partial charge on any atom is -0.339 e. The molecule has 0 aliphatic rings. The van der Waals surface area contributed by atoms with Crippen molar-refractivity contribution in [3.8, 4) is 0 Å². The second kappa shape index (κ2) is 9.70. The molecule has 0 saturated heterocycles. The number of rotatable bonds is 7. The van der Waals surface area contributed by atoms with Gasteiger partial charge in [0.25, 0.3) is 5.91 Å². The highest BCUT2D eigenvalue weighted by molar-refractivity contribution is 6.00. The molecule has 0 fully saturated rings. The normalized spacial score (nSPS) is 12.7. The molecule has 4 N–H and O–H groups in total. The molecule has 28 heavy (non-hydrogen) atoms. The van der Waals surface area contributed by atoms with Crippen LogP contribution in [-0.2, 0) is 20.8 Å². The fourth-order valence-corrected chi connectivity index (χ4v) is 2.53. The SMILES string of the molecule is CCC(N)C(=O)N[C@H](C(=O)NC(=O)Cc1cc(F)cc(F)c1)c1ccccc1. The molecule has 2 aromatic rings. The number of carbonyl (C=O) groups excluding carboxylic acids is 3. The van der Waals surface area contributed by atoms with Crippen LogP contribution in [0.3, 0.4) is 0 Å². The van der Waals surface area contributed by atoms with E-state index in [1.54, 1.807) is 37.3 Å². The van der Waals surface area contributed by atoms with Crippen molar-refractivity contribution in [1.82, 2.24) is 10.6 Å². The lowest BCUT2D eigenvalue weighted by atomic mass is 10.0. The zero-order valence-electron chi connectivity index (χ0n) is 15.2. The fraction of sp³-hybridized carbons (Fsp3) is 0.250. The average molecular weight is 389 g/mol. The summed E-state index contributed by atoms with van der Waals surface area (Å²) in [5.41, 5.74) is 6.23. The topological polar surface area (TPSA) is 101 Å². The molecule has 6 nitrogen and oxygen atoms in total. The number of nitrogens with one attached hydrogen (secondary N) is 2. The first-order chi connectivity index (χ1) is 13.3. The Kier molecular flexibility index (Phi) is 7.34. The van der Waals surface area contributed by atoms with Crippen LogP contribution in [0.15, 0.2) is 48.5 Å². The van der Waals surface area contributed by atoms with E-state index in [0.29, 0.717) is 18.1 Å². The molecule has 3 amide bonds. The van der Waals surface area contributed by atoms with Crippen LogP contribution in [0.4, 0.5) is 8.78 Å². The summed E-state index contributed by atoms with van der Waals surface area (Å²) in [6, 6.07) is 9.09. The smallest absolute Gasteiger partial charge is 0.253 e. The van der Waals surface area contributed by atoms with Crippen LogP contribution in [0, 0.1) is 11.6 Å². The molecule has 2 aromatic carbocycles. The van der Waals surface area contributed by atoms with E-state index in [0.717, 1.165) is 12.1 Å². The van der Waals surface area contributed by atoms with Gasteiger partial charge in [-0.3, -0.25) is 19.7 Å². The second-order valence-corrected chi connectivity index (χ2v) is 6.23. The number of amides is 3. The standard InChI is InChI=1S/C20H21F2N3O3/c1-2-16(23)19(27)25-18(13-6-4-3-5-7-13)20(28)24-17(26)10-12-8-14(21)11-15(22)9-12/h3-9,11,16,18H,2,10,23H2,1H3,(H,25,27)(H,24,26,28)/t16?,18-/m0/s1. The zero-order valence-corrected chi connectivity index (χ0v) is 15.2. The van der Waals surface area contributed by atoms with Crippen molar-refractivity contribution in [3.05, 3.63) is 71.3 Å². The molecule has 0 spiro atoms.